The number of aromatic hydroxyl groups is 1. The number of methoxy groups -OCH3 is 1. The molecule has 1 atom stereocenters. The molecule has 1 saturated carbocycles. The van der Waals surface area contributed by atoms with Crippen LogP contribution in [0.2, 0.25) is 0 Å². The first-order valence-electron chi connectivity index (χ1n) is 7.16. The average Bonchev–Trinajstić information content (AvgIpc) is 3.37. The molecule has 0 radical (unpaired) electrons. The summed E-state index contributed by atoms with van der Waals surface area (Å²) < 4.78 is 9.79. The van der Waals surface area contributed by atoms with E-state index in [0.29, 0.717) is 5.75 Å². The molecule has 122 valence electrons. The fourth-order valence-electron chi connectivity index (χ4n) is 2.23. The number of hydrogen-bond acceptors (Lipinski definition) is 6. The van der Waals surface area contributed by atoms with Crippen LogP contribution in [0.3, 0.4) is 0 Å². The van der Waals surface area contributed by atoms with Gasteiger partial charge in [-0.25, -0.2) is 4.79 Å². The predicted molar refractivity (Wildman–Crippen MR) is 79.8 cm³/mol. The summed E-state index contributed by atoms with van der Waals surface area (Å²) >= 11 is 0. The number of carbonyl (C=O) groups is 2. The quantitative estimate of drug-likeness (QED) is 0.767. The highest BCUT2D eigenvalue weighted by Gasteiger charge is 2.43. The maximum atomic E-state index is 11.9. The Hall–Kier alpha value is -2.75. The Kier molecular flexibility index (Phi) is 4.74. The van der Waals surface area contributed by atoms with E-state index < -0.39 is 24.0 Å². The second kappa shape index (κ2) is 6.57. The van der Waals surface area contributed by atoms with Crippen molar-refractivity contribution in [2.45, 2.75) is 25.3 Å². The predicted octanol–water partition coefficient (Wildman–Crippen LogP) is 1.37. The van der Waals surface area contributed by atoms with Gasteiger partial charge in [0.15, 0.2) is 6.61 Å². The molecule has 1 aliphatic rings. The molecular weight excluding hydrogens is 300 g/mol. The number of amides is 1. The number of rotatable bonds is 6. The Morgan fingerprint density at radius 2 is 2.17 bits per heavy atom. The smallest absolute Gasteiger partial charge is 0.342 e. The number of esters is 1. The highest BCUT2D eigenvalue weighted by molar-refractivity contribution is 5.94. The number of hydrogen-bond donors (Lipinski definition) is 2. The van der Waals surface area contributed by atoms with Gasteiger partial charge < -0.3 is 19.9 Å². The summed E-state index contributed by atoms with van der Waals surface area (Å²) in [5.41, 5.74) is -1.00. The van der Waals surface area contributed by atoms with Crippen LogP contribution in [-0.2, 0) is 9.53 Å². The largest absolute Gasteiger partial charge is 0.507 e. The van der Waals surface area contributed by atoms with Crippen molar-refractivity contribution in [2.75, 3.05) is 13.7 Å². The number of nitriles is 1. The minimum Gasteiger partial charge on any atom is -0.507 e. The second-order valence-corrected chi connectivity index (χ2v) is 5.60. The summed E-state index contributed by atoms with van der Waals surface area (Å²) in [5, 5.41) is 21.5. The first-order valence-corrected chi connectivity index (χ1v) is 7.16. The lowest BCUT2D eigenvalue weighted by Crippen LogP contribution is -2.48. The Morgan fingerprint density at radius 3 is 2.70 bits per heavy atom. The van der Waals surface area contributed by atoms with Crippen LogP contribution in [0.15, 0.2) is 18.2 Å². The third kappa shape index (κ3) is 3.92. The van der Waals surface area contributed by atoms with E-state index in [0.717, 1.165) is 12.8 Å². The van der Waals surface area contributed by atoms with Crippen LogP contribution in [0.4, 0.5) is 0 Å². The Bertz CT molecular complexity index is 663. The van der Waals surface area contributed by atoms with Gasteiger partial charge in [-0.05, 0) is 37.8 Å². The van der Waals surface area contributed by atoms with Gasteiger partial charge in [-0.2, -0.15) is 5.26 Å². The van der Waals surface area contributed by atoms with Crippen LogP contribution in [-0.4, -0.2) is 36.2 Å². The fourth-order valence-corrected chi connectivity index (χ4v) is 2.23. The maximum absolute atomic E-state index is 11.9. The highest BCUT2D eigenvalue weighted by Crippen LogP contribution is 2.39. The van der Waals surface area contributed by atoms with Gasteiger partial charge in [0.25, 0.3) is 5.91 Å². The maximum Gasteiger partial charge on any atom is 0.342 e. The molecule has 0 saturated heterocycles. The minimum absolute atomic E-state index is 0.0659. The van der Waals surface area contributed by atoms with E-state index >= 15 is 0 Å². The van der Waals surface area contributed by atoms with Crippen molar-refractivity contribution in [3.05, 3.63) is 23.8 Å². The van der Waals surface area contributed by atoms with Crippen molar-refractivity contribution in [2.24, 2.45) is 5.92 Å². The summed E-state index contributed by atoms with van der Waals surface area (Å²) in [5.74, 6) is -1.15. The van der Waals surface area contributed by atoms with Crippen LogP contribution in [0.5, 0.6) is 11.5 Å². The van der Waals surface area contributed by atoms with E-state index in [1.165, 1.54) is 25.3 Å². The molecule has 0 aliphatic heterocycles. The van der Waals surface area contributed by atoms with Gasteiger partial charge in [0.1, 0.15) is 22.6 Å². The standard InChI is InChI=1S/C16H18N2O5/c1-16(9-17,10-3-4-10)18-14(20)8-23-15(21)12-6-5-11(22-2)7-13(12)19/h5-7,10,19H,3-4,8H2,1-2H3,(H,18,20)/t16-/m0/s1. The fraction of sp³-hybridized carbons (Fsp3) is 0.438. The van der Waals surface area contributed by atoms with Crippen LogP contribution < -0.4 is 10.1 Å². The third-order valence-corrected chi connectivity index (χ3v) is 3.78. The first-order chi connectivity index (χ1) is 10.9. The van der Waals surface area contributed by atoms with Gasteiger partial charge in [0.2, 0.25) is 0 Å². The van der Waals surface area contributed by atoms with E-state index in [1.807, 2.05) is 0 Å². The molecule has 7 nitrogen and oxygen atoms in total. The number of nitrogens with zero attached hydrogens (tertiary/aromatic N) is 1. The summed E-state index contributed by atoms with van der Waals surface area (Å²) in [6, 6.07) is 6.20. The number of phenols is 1. The monoisotopic (exact) mass is 318 g/mol. The second-order valence-electron chi connectivity index (χ2n) is 5.60. The van der Waals surface area contributed by atoms with Crippen molar-refractivity contribution in [1.29, 1.82) is 5.26 Å². The molecule has 0 spiro atoms. The lowest BCUT2D eigenvalue weighted by atomic mass is 9.98. The zero-order valence-electron chi connectivity index (χ0n) is 13.0. The number of nitrogens with one attached hydrogen (secondary N) is 1. The Balaban J connectivity index is 1.91. The normalized spacial score (nSPS) is 15.9. The van der Waals surface area contributed by atoms with Crippen molar-refractivity contribution < 1.29 is 24.2 Å². The Labute approximate surface area is 133 Å². The lowest BCUT2D eigenvalue weighted by Gasteiger charge is -2.22. The molecule has 0 heterocycles. The Morgan fingerprint density at radius 1 is 1.48 bits per heavy atom. The van der Waals surface area contributed by atoms with Gasteiger partial charge in [0, 0.05) is 6.07 Å². The summed E-state index contributed by atoms with van der Waals surface area (Å²) in [4.78, 5) is 23.7. The molecule has 1 amide bonds. The van der Waals surface area contributed by atoms with Crippen LogP contribution in [0, 0.1) is 17.2 Å². The SMILES string of the molecule is COc1ccc(C(=O)OCC(=O)N[C@@](C)(C#N)C2CC2)c(O)c1. The van der Waals surface area contributed by atoms with Crippen molar-refractivity contribution in [3.8, 4) is 17.6 Å². The molecule has 1 aromatic rings. The first kappa shape index (κ1) is 16.6. The molecule has 0 unspecified atom stereocenters. The van der Waals surface area contributed by atoms with E-state index in [1.54, 1.807) is 6.92 Å². The zero-order valence-corrected chi connectivity index (χ0v) is 13.0. The summed E-state index contributed by atoms with van der Waals surface area (Å²) in [6.45, 7) is 1.13. The van der Waals surface area contributed by atoms with Gasteiger partial charge in [-0.15, -0.1) is 0 Å². The molecule has 1 aliphatic carbocycles. The van der Waals surface area contributed by atoms with Gasteiger partial charge in [0.05, 0.1) is 13.2 Å². The van der Waals surface area contributed by atoms with Gasteiger partial charge >= 0.3 is 5.97 Å². The minimum atomic E-state index is -0.939. The molecule has 2 rings (SSSR count). The summed E-state index contributed by atoms with van der Waals surface area (Å²) in [6.07, 6.45) is 1.79. The average molecular weight is 318 g/mol. The number of phenolic OH excluding ortho intramolecular Hbond substituents is 1. The molecule has 7 heteroatoms. The van der Waals surface area contributed by atoms with E-state index in [-0.39, 0.29) is 17.2 Å². The molecule has 0 bridgehead atoms. The van der Waals surface area contributed by atoms with Gasteiger partial charge in [-0.3, -0.25) is 4.79 Å². The third-order valence-electron chi connectivity index (χ3n) is 3.78. The zero-order chi connectivity index (χ0) is 17.0. The van der Waals surface area contributed by atoms with Crippen LogP contribution in [0.1, 0.15) is 30.1 Å². The highest BCUT2D eigenvalue weighted by atomic mass is 16.5. The number of carbonyl (C=O) groups excluding carboxylic acids is 2. The molecule has 0 aromatic heterocycles. The molecule has 1 fully saturated rings. The van der Waals surface area contributed by atoms with Gasteiger partial charge in [-0.1, -0.05) is 0 Å². The lowest BCUT2D eigenvalue weighted by molar-refractivity contribution is -0.125. The molecule has 23 heavy (non-hydrogen) atoms. The molecular formula is C16H18N2O5. The van der Waals surface area contributed by atoms with Crippen molar-refractivity contribution in [3.63, 3.8) is 0 Å². The van der Waals surface area contributed by atoms with Crippen molar-refractivity contribution in [1.82, 2.24) is 5.32 Å². The topological polar surface area (TPSA) is 109 Å². The van der Waals surface area contributed by atoms with E-state index in [9.17, 15) is 14.7 Å². The number of benzene rings is 1. The van der Waals surface area contributed by atoms with E-state index in [4.69, 9.17) is 14.7 Å². The van der Waals surface area contributed by atoms with Crippen LogP contribution in [0.25, 0.3) is 0 Å². The number of ether oxygens (including phenoxy) is 2. The van der Waals surface area contributed by atoms with Crippen molar-refractivity contribution >= 4 is 11.9 Å². The van der Waals surface area contributed by atoms with E-state index in [2.05, 4.69) is 11.4 Å². The van der Waals surface area contributed by atoms with Crippen LogP contribution >= 0.6 is 0 Å². The molecule has 1 aromatic carbocycles. The molecule has 2 N–H and O–H groups in total. The summed E-state index contributed by atoms with van der Waals surface area (Å²) in [7, 11) is 1.43.